The zero-order valence-electron chi connectivity index (χ0n) is 16.6. The monoisotopic (exact) mass is 492 g/mol. The summed E-state index contributed by atoms with van der Waals surface area (Å²) in [7, 11) is 3.35. The number of hydrogen-bond acceptors (Lipinski definition) is 5. The second kappa shape index (κ2) is 14.0. The summed E-state index contributed by atoms with van der Waals surface area (Å²) >= 11 is 0. The molecule has 0 amide bonds. The van der Waals surface area contributed by atoms with Gasteiger partial charge in [0.1, 0.15) is 0 Å². The minimum absolute atomic E-state index is 0. The number of halogens is 1. The second-order valence-corrected chi connectivity index (χ2v) is 6.28. The minimum Gasteiger partial charge on any atom is -0.481 e. The maximum absolute atomic E-state index is 5.94. The Bertz CT molecular complexity index is 552. The number of nitrogens with one attached hydrogen (secondary N) is 1. The molecule has 8 heteroatoms. The summed E-state index contributed by atoms with van der Waals surface area (Å²) < 4.78 is 16.2. The Morgan fingerprint density at radius 3 is 2.74 bits per heavy atom. The van der Waals surface area contributed by atoms with E-state index in [-0.39, 0.29) is 24.0 Å². The van der Waals surface area contributed by atoms with E-state index in [1.54, 1.807) is 20.4 Å². The fraction of sp³-hybridized carbons (Fsp3) is 0.684. The SMILES string of the molecule is CCNC(=NCc1ccnc(OC)c1)N1CCC(OCCCOC)CC1.I. The van der Waals surface area contributed by atoms with Gasteiger partial charge in [0, 0.05) is 52.2 Å². The lowest BCUT2D eigenvalue weighted by molar-refractivity contribution is 0.00990. The van der Waals surface area contributed by atoms with Crippen molar-refractivity contribution in [3.8, 4) is 5.88 Å². The average Bonchev–Trinajstić information content (AvgIpc) is 2.69. The van der Waals surface area contributed by atoms with Crippen molar-refractivity contribution < 1.29 is 14.2 Å². The molecule has 0 saturated carbocycles. The molecule has 0 aliphatic carbocycles. The van der Waals surface area contributed by atoms with Crippen LogP contribution in [-0.4, -0.2) is 69.0 Å². The van der Waals surface area contributed by atoms with Gasteiger partial charge in [-0.15, -0.1) is 24.0 Å². The van der Waals surface area contributed by atoms with E-state index in [4.69, 9.17) is 19.2 Å². The van der Waals surface area contributed by atoms with Gasteiger partial charge in [-0.2, -0.15) is 0 Å². The first kappa shape index (κ1) is 23.9. The maximum atomic E-state index is 5.94. The number of rotatable bonds is 9. The van der Waals surface area contributed by atoms with Crippen molar-refractivity contribution in [1.29, 1.82) is 0 Å². The molecule has 0 bridgehead atoms. The first-order valence-corrected chi connectivity index (χ1v) is 9.39. The Morgan fingerprint density at radius 2 is 2.07 bits per heavy atom. The van der Waals surface area contributed by atoms with E-state index >= 15 is 0 Å². The van der Waals surface area contributed by atoms with E-state index in [1.165, 1.54) is 0 Å². The van der Waals surface area contributed by atoms with Gasteiger partial charge in [-0.05, 0) is 37.8 Å². The molecular weight excluding hydrogens is 459 g/mol. The van der Waals surface area contributed by atoms with Crippen LogP contribution in [0.4, 0.5) is 0 Å². The lowest BCUT2D eigenvalue weighted by atomic mass is 10.1. The minimum atomic E-state index is 0. The van der Waals surface area contributed by atoms with Crippen molar-refractivity contribution >= 4 is 29.9 Å². The van der Waals surface area contributed by atoms with Gasteiger partial charge in [-0.3, -0.25) is 0 Å². The topological polar surface area (TPSA) is 68.2 Å². The van der Waals surface area contributed by atoms with Crippen LogP contribution < -0.4 is 10.1 Å². The molecule has 1 N–H and O–H groups in total. The molecule has 0 radical (unpaired) electrons. The summed E-state index contributed by atoms with van der Waals surface area (Å²) in [6.45, 7) is 7.00. The molecule has 1 aromatic heterocycles. The molecule has 0 atom stereocenters. The molecule has 154 valence electrons. The lowest BCUT2D eigenvalue weighted by Crippen LogP contribution is -2.47. The first-order chi connectivity index (χ1) is 12.8. The molecule has 0 aromatic carbocycles. The molecule has 2 heterocycles. The number of pyridine rings is 1. The highest BCUT2D eigenvalue weighted by molar-refractivity contribution is 14.0. The number of aromatic nitrogens is 1. The zero-order valence-corrected chi connectivity index (χ0v) is 19.0. The van der Waals surface area contributed by atoms with E-state index in [0.29, 0.717) is 18.5 Å². The molecule has 7 nitrogen and oxygen atoms in total. The predicted octanol–water partition coefficient (Wildman–Crippen LogP) is 2.69. The van der Waals surface area contributed by atoms with Crippen molar-refractivity contribution in [3.63, 3.8) is 0 Å². The third kappa shape index (κ3) is 8.61. The summed E-state index contributed by atoms with van der Waals surface area (Å²) in [6.07, 6.45) is 5.11. The molecule has 1 aromatic rings. The molecule has 2 rings (SSSR count). The number of likely N-dealkylation sites (tertiary alicyclic amines) is 1. The van der Waals surface area contributed by atoms with E-state index < -0.39 is 0 Å². The molecular formula is C19H33IN4O3. The van der Waals surface area contributed by atoms with E-state index in [2.05, 4.69) is 22.1 Å². The summed E-state index contributed by atoms with van der Waals surface area (Å²) in [4.78, 5) is 11.2. The second-order valence-electron chi connectivity index (χ2n) is 6.28. The highest BCUT2D eigenvalue weighted by atomic mass is 127. The van der Waals surface area contributed by atoms with E-state index in [1.807, 2.05) is 12.1 Å². The number of piperidine rings is 1. The van der Waals surface area contributed by atoms with Crippen LogP contribution in [0.15, 0.2) is 23.3 Å². The fourth-order valence-electron chi connectivity index (χ4n) is 2.94. The van der Waals surface area contributed by atoms with Crippen LogP contribution in [0.3, 0.4) is 0 Å². The Balaban J connectivity index is 0.00000364. The Hall–Kier alpha value is -1.13. The van der Waals surface area contributed by atoms with Gasteiger partial charge in [0.15, 0.2) is 5.96 Å². The smallest absolute Gasteiger partial charge is 0.213 e. The highest BCUT2D eigenvalue weighted by Crippen LogP contribution is 2.15. The van der Waals surface area contributed by atoms with Gasteiger partial charge in [0.05, 0.1) is 19.8 Å². The number of aliphatic imine (C=N–C) groups is 1. The number of ether oxygens (including phenoxy) is 3. The maximum Gasteiger partial charge on any atom is 0.213 e. The van der Waals surface area contributed by atoms with Crippen molar-refractivity contribution in [2.24, 2.45) is 4.99 Å². The zero-order chi connectivity index (χ0) is 18.6. The van der Waals surface area contributed by atoms with Crippen molar-refractivity contribution in [3.05, 3.63) is 23.9 Å². The number of guanidine groups is 1. The quantitative estimate of drug-likeness (QED) is 0.248. The van der Waals surface area contributed by atoms with Crippen molar-refractivity contribution in [1.82, 2.24) is 15.2 Å². The molecule has 27 heavy (non-hydrogen) atoms. The average molecular weight is 492 g/mol. The third-order valence-electron chi connectivity index (χ3n) is 4.34. The van der Waals surface area contributed by atoms with Crippen LogP contribution in [-0.2, 0) is 16.0 Å². The summed E-state index contributed by atoms with van der Waals surface area (Å²) in [5.74, 6) is 1.58. The van der Waals surface area contributed by atoms with Crippen LogP contribution in [0.2, 0.25) is 0 Å². The van der Waals surface area contributed by atoms with Crippen LogP contribution in [0.25, 0.3) is 0 Å². The normalized spacial score (nSPS) is 15.4. The number of hydrogen-bond donors (Lipinski definition) is 1. The molecule has 1 saturated heterocycles. The Morgan fingerprint density at radius 1 is 1.30 bits per heavy atom. The van der Waals surface area contributed by atoms with E-state index in [0.717, 1.165) is 63.6 Å². The van der Waals surface area contributed by atoms with Gasteiger partial charge < -0.3 is 24.4 Å². The van der Waals surface area contributed by atoms with Gasteiger partial charge >= 0.3 is 0 Å². The Kier molecular flexibility index (Phi) is 12.4. The molecule has 0 spiro atoms. The van der Waals surface area contributed by atoms with Gasteiger partial charge in [-0.25, -0.2) is 9.98 Å². The highest BCUT2D eigenvalue weighted by Gasteiger charge is 2.21. The molecule has 1 fully saturated rings. The third-order valence-corrected chi connectivity index (χ3v) is 4.34. The number of nitrogens with zero attached hydrogens (tertiary/aromatic N) is 3. The standard InChI is InChI=1S/C19H32N4O3.HI/c1-4-20-19(22-15-16-6-9-21-18(14-16)25-3)23-10-7-17(8-11-23)26-13-5-12-24-2;/h6,9,14,17H,4-5,7-8,10-13,15H2,1-3H3,(H,20,22);1H. The summed E-state index contributed by atoms with van der Waals surface area (Å²) in [5, 5.41) is 3.40. The van der Waals surface area contributed by atoms with Crippen LogP contribution in [0, 0.1) is 0 Å². The molecule has 0 unspecified atom stereocenters. The van der Waals surface area contributed by atoms with Gasteiger partial charge in [-0.1, -0.05) is 0 Å². The van der Waals surface area contributed by atoms with Crippen LogP contribution in [0.5, 0.6) is 5.88 Å². The van der Waals surface area contributed by atoms with Crippen molar-refractivity contribution in [2.45, 2.75) is 38.8 Å². The van der Waals surface area contributed by atoms with Crippen LogP contribution in [0.1, 0.15) is 31.7 Å². The van der Waals surface area contributed by atoms with Gasteiger partial charge in [0.25, 0.3) is 0 Å². The van der Waals surface area contributed by atoms with Gasteiger partial charge in [0.2, 0.25) is 5.88 Å². The fourth-order valence-corrected chi connectivity index (χ4v) is 2.94. The molecule has 1 aliphatic heterocycles. The predicted molar refractivity (Wildman–Crippen MR) is 118 cm³/mol. The van der Waals surface area contributed by atoms with Crippen molar-refractivity contribution in [2.75, 3.05) is 47.1 Å². The number of methoxy groups -OCH3 is 2. The Labute approximate surface area is 179 Å². The van der Waals surface area contributed by atoms with E-state index in [9.17, 15) is 0 Å². The molecule has 1 aliphatic rings. The first-order valence-electron chi connectivity index (χ1n) is 9.39. The summed E-state index contributed by atoms with van der Waals surface area (Å²) in [5.41, 5.74) is 1.09. The van der Waals surface area contributed by atoms with Crippen LogP contribution >= 0.6 is 24.0 Å². The largest absolute Gasteiger partial charge is 0.481 e. The lowest BCUT2D eigenvalue weighted by Gasteiger charge is -2.34. The summed E-state index contributed by atoms with van der Waals surface area (Å²) in [6, 6.07) is 3.89.